The minimum absolute atomic E-state index is 0.219. The molecular weight excluding hydrogens is 320 g/mol. The van der Waals surface area contributed by atoms with Crippen LogP contribution in [0.25, 0.3) is 0 Å². The molecule has 1 aromatic rings. The van der Waals surface area contributed by atoms with Crippen molar-refractivity contribution in [3.05, 3.63) is 35.4 Å². The van der Waals surface area contributed by atoms with Gasteiger partial charge in [-0.1, -0.05) is 6.07 Å². The summed E-state index contributed by atoms with van der Waals surface area (Å²) >= 11 is 0. The van der Waals surface area contributed by atoms with Crippen molar-refractivity contribution < 1.29 is 23.5 Å². The number of likely N-dealkylation sites (N-methyl/N-ethyl adjacent to an activating group) is 1. The van der Waals surface area contributed by atoms with Gasteiger partial charge < -0.3 is 14.9 Å². The Morgan fingerprint density at radius 2 is 1.92 bits per heavy atom. The molecule has 0 unspecified atom stereocenters. The molecule has 0 bridgehead atoms. The highest BCUT2D eigenvalue weighted by Gasteiger charge is 2.46. The lowest BCUT2D eigenvalue weighted by molar-refractivity contribution is -0.165. The fourth-order valence-corrected chi connectivity index (χ4v) is 3.30. The first-order chi connectivity index (χ1) is 11.4. The van der Waals surface area contributed by atoms with E-state index in [2.05, 4.69) is 0 Å². The average molecular weight is 339 g/mol. The molecule has 2 aliphatic heterocycles. The summed E-state index contributed by atoms with van der Waals surface area (Å²) in [5, 5.41) is 9.32. The van der Waals surface area contributed by atoms with Crippen molar-refractivity contribution in [3.8, 4) is 0 Å². The molecule has 6 nitrogen and oxygen atoms in total. The molecule has 0 saturated carbocycles. The summed E-state index contributed by atoms with van der Waals surface area (Å²) in [5.74, 6) is -2.27. The minimum atomic E-state index is -0.902. The van der Waals surface area contributed by atoms with Gasteiger partial charge in [0.25, 0.3) is 0 Å². The zero-order valence-corrected chi connectivity index (χ0v) is 13.3. The summed E-state index contributed by atoms with van der Waals surface area (Å²) < 4.78 is 26.3. The third-order valence-electron chi connectivity index (χ3n) is 4.70. The summed E-state index contributed by atoms with van der Waals surface area (Å²) in [6, 6.07) is 2.29. The standard InChI is InChI=1S/C16H19F2N3O3/c1-19-14(9-22)16(24)21-5-4-20(8-13(21)15(19)23)7-10-2-3-11(17)12(18)6-10/h2-3,6,13-14,22H,4-5,7-9H2,1H3/t13-,14+/m1/s1. The number of amides is 2. The summed E-state index contributed by atoms with van der Waals surface area (Å²) in [7, 11) is 1.51. The average Bonchev–Trinajstić information content (AvgIpc) is 2.57. The molecule has 3 rings (SSSR count). The van der Waals surface area contributed by atoms with E-state index in [1.165, 1.54) is 22.9 Å². The van der Waals surface area contributed by atoms with Gasteiger partial charge in [-0.15, -0.1) is 0 Å². The summed E-state index contributed by atoms with van der Waals surface area (Å²) in [6.07, 6.45) is 0. The zero-order valence-electron chi connectivity index (χ0n) is 13.3. The maximum atomic E-state index is 13.3. The van der Waals surface area contributed by atoms with E-state index < -0.39 is 30.3 Å². The van der Waals surface area contributed by atoms with Crippen LogP contribution in [0, 0.1) is 11.6 Å². The van der Waals surface area contributed by atoms with Crippen LogP contribution in [0.15, 0.2) is 18.2 Å². The van der Waals surface area contributed by atoms with Crippen LogP contribution >= 0.6 is 0 Å². The minimum Gasteiger partial charge on any atom is -0.394 e. The maximum Gasteiger partial charge on any atom is 0.248 e. The Morgan fingerprint density at radius 1 is 1.17 bits per heavy atom. The number of piperazine rings is 2. The lowest BCUT2D eigenvalue weighted by atomic mass is 10.0. The van der Waals surface area contributed by atoms with Crippen LogP contribution < -0.4 is 0 Å². The molecule has 1 aromatic carbocycles. The van der Waals surface area contributed by atoms with Gasteiger partial charge >= 0.3 is 0 Å². The van der Waals surface area contributed by atoms with E-state index in [9.17, 15) is 23.5 Å². The SMILES string of the molecule is CN1C(=O)[C@H]2CN(Cc3ccc(F)c(F)c3)CCN2C(=O)[C@@H]1CO. The molecule has 8 heteroatoms. The number of rotatable bonds is 3. The van der Waals surface area contributed by atoms with Crippen molar-refractivity contribution in [1.29, 1.82) is 0 Å². The molecule has 0 radical (unpaired) electrons. The fourth-order valence-electron chi connectivity index (χ4n) is 3.30. The van der Waals surface area contributed by atoms with Gasteiger partial charge in [0.1, 0.15) is 12.1 Å². The Bertz CT molecular complexity index is 670. The molecule has 2 fully saturated rings. The number of aliphatic hydroxyl groups excluding tert-OH is 1. The number of nitrogens with zero attached hydrogens (tertiary/aromatic N) is 3. The Balaban J connectivity index is 1.72. The van der Waals surface area contributed by atoms with Crippen molar-refractivity contribution in [2.24, 2.45) is 0 Å². The van der Waals surface area contributed by atoms with E-state index in [1.54, 1.807) is 0 Å². The van der Waals surface area contributed by atoms with Crippen LogP contribution in [0.1, 0.15) is 5.56 Å². The first-order valence-electron chi connectivity index (χ1n) is 7.76. The van der Waals surface area contributed by atoms with Gasteiger partial charge in [-0.3, -0.25) is 14.5 Å². The Kier molecular flexibility index (Phi) is 4.51. The molecule has 2 aliphatic rings. The van der Waals surface area contributed by atoms with Gasteiger partial charge in [0.15, 0.2) is 11.6 Å². The van der Waals surface area contributed by atoms with Crippen LogP contribution in [0.4, 0.5) is 8.78 Å². The number of carbonyl (C=O) groups excluding carboxylic acids is 2. The van der Waals surface area contributed by atoms with Crippen LogP contribution in [0.3, 0.4) is 0 Å². The number of benzene rings is 1. The zero-order chi connectivity index (χ0) is 17.4. The quantitative estimate of drug-likeness (QED) is 0.829. The number of carbonyl (C=O) groups is 2. The lowest BCUT2D eigenvalue weighted by Gasteiger charge is -2.48. The first kappa shape index (κ1) is 16.8. The molecule has 1 N–H and O–H groups in total. The van der Waals surface area contributed by atoms with Crippen molar-refractivity contribution in [2.45, 2.75) is 18.6 Å². The van der Waals surface area contributed by atoms with Crippen molar-refractivity contribution in [3.63, 3.8) is 0 Å². The van der Waals surface area contributed by atoms with E-state index >= 15 is 0 Å². The van der Waals surface area contributed by atoms with E-state index in [0.717, 1.165) is 12.1 Å². The highest BCUT2D eigenvalue weighted by molar-refractivity contribution is 5.97. The second kappa shape index (κ2) is 6.45. The largest absolute Gasteiger partial charge is 0.394 e. The molecule has 2 saturated heterocycles. The van der Waals surface area contributed by atoms with E-state index in [0.29, 0.717) is 31.7 Å². The summed E-state index contributed by atoms with van der Waals surface area (Å²) in [6.45, 7) is 1.19. The van der Waals surface area contributed by atoms with Crippen molar-refractivity contribution in [1.82, 2.24) is 14.7 Å². The van der Waals surface area contributed by atoms with Gasteiger partial charge in [0, 0.05) is 33.2 Å². The van der Waals surface area contributed by atoms with Crippen LogP contribution in [0.2, 0.25) is 0 Å². The number of hydrogen-bond donors (Lipinski definition) is 1. The molecule has 0 spiro atoms. The van der Waals surface area contributed by atoms with E-state index in [4.69, 9.17) is 0 Å². The van der Waals surface area contributed by atoms with Crippen molar-refractivity contribution >= 4 is 11.8 Å². The molecular formula is C16H19F2N3O3. The van der Waals surface area contributed by atoms with E-state index in [1.807, 2.05) is 4.90 Å². The molecule has 130 valence electrons. The second-order valence-electron chi connectivity index (χ2n) is 6.18. The molecule has 2 heterocycles. The van der Waals surface area contributed by atoms with Crippen molar-refractivity contribution in [2.75, 3.05) is 33.3 Å². The Labute approximate surface area is 138 Å². The molecule has 0 aromatic heterocycles. The van der Waals surface area contributed by atoms with Crippen LogP contribution in [-0.4, -0.2) is 77.0 Å². The van der Waals surface area contributed by atoms with Gasteiger partial charge in [-0.25, -0.2) is 8.78 Å². The third-order valence-corrected chi connectivity index (χ3v) is 4.70. The Hall–Kier alpha value is -2.06. The summed E-state index contributed by atoms with van der Waals surface area (Å²) in [5.41, 5.74) is 0.610. The second-order valence-corrected chi connectivity index (χ2v) is 6.18. The third kappa shape index (κ3) is 2.87. The highest BCUT2D eigenvalue weighted by atomic mass is 19.2. The smallest absolute Gasteiger partial charge is 0.248 e. The van der Waals surface area contributed by atoms with Crippen LogP contribution in [0.5, 0.6) is 0 Å². The molecule has 2 amide bonds. The number of hydrogen-bond acceptors (Lipinski definition) is 4. The van der Waals surface area contributed by atoms with E-state index in [-0.39, 0.29) is 11.8 Å². The van der Waals surface area contributed by atoms with Crippen LogP contribution in [-0.2, 0) is 16.1 Å². The number of fused-ring (bicyclic) bond motifs is 1. The lowest BCUT2D eigenvalue weighted by Crippen LogP contribution is -2.69. The van der Waals surface area contributed by atoms with Gasteiger partial charge in [0.05, 0.1) is 6.61 Å². The number of aliphatic hydroxyl groups is 1. The molecule has 0 aliphatic carbocycles. The fraction of sp³-hybridized carbons (Fsp3) is 0.500. The predicted octanol–water partition coefficient (Wildman–Crippen LogP) is -0.190. The van der Waals surface area contributed by atoms with Gasteiger partial charge in [0.2, 0.25) is 11.8 Å². The predicted molar refractivity (Wildman–Crippen MR) is 80.8 cm³/mol. The molecule has 2 atom stereocenters. The monoisotopic (exact) mass is 339 g/mol. The Morgan fingerprint density at radius 3 is 2.58 bits per heavy atom. The highest BCUT2D eigenvalue weighted by Crippen LogP contribution is 2.22. The first-order valence-corrected chi connectivity index (χ1v) is 7.76. The topological polar surface area (TPSA) is 64.1 Å². The maximum absolute atomic E-state index is 13.3. The number of halogens is 2. The molecule has 24 heavy (non-hydrogen) atoms. The summed E-state index contributed by atoms with van der Waals surface area (Å²) in [4.78, 5) is 29.5. The van der Waals surface area contributed by atoms with Gasteiger partial charge in [-0.05, 0) is 17.7 Å². The van der Waals surface area contributed by atoms with Gasteiger partial charge in [-0.2, -0.15) is 0 Å². The normalized spacial score (nSPS) is 25.2.